The van der Waals surface area contributed by atoms with Crippen molar-refractivity contribution in [2.45, 2.75) is 38.5 Å². The molecule has 0 aliphatic heterocycles. The molecule has 0 spiro atoms. The first-order valence-electron chi connectivity index (χ1n) is 11.5. The first-order chi connectivity index (χ1) is 16.4. The number of benzene rings is 2. The highest BCUT2D eigenvalue weighted by molar-refractivity contribution is 5.94. The average molecular weight is 460 g/mol. The Balaban J connectivity index is 1.29. The average Bonchev–Trinajstić information content (AvgIpc) is 3.23. The Morgan fingerprint density at radius 2 is 1.94 bits per heavy atom. The molecule has 1 aliphatic rings. The topological polar surface area (TPSA) is 92.6 Å². The molecule has 0 saturated heterocycles. The maximum absolute atomic E-state index is 11.5. The van der Waals surface area contributed by atoms with Crippen LogP contribution < -0.4 is 9.64 Å². The third-order valence-electron chi connectivity index (χ3n) is 6.23. The van der Waals surface area contributed by atoms with E-state index in [-0.39, 0.29) is 18.1 Å². The number of carbonyl (C=O) groups excluding carboxylic acids is 1. The smallest absolute Gasteiger partial charge is 0.303 e. The Bertz CT molecular complexity index is 1180. The van der Waals surface area contributed by atoms with E-state index < -0.39 is 5.97 Å². The maximum atomic E-state index is 11.5. The summed E-state index contributed by atoms with van der Waals surface area (Å²) < 4.78 is 5.95. The Morgan fingerprint density at radius 1 is 1.15 bits per heavy atom. The van der Waals surface area contributed by atoms with E-state index >= 15 is 0 Å². The summed E-state index contributed by atoms with van der Waals surface area (Å²) in [7, 11) is 1.99. The van der Waals surface area contributed by atoms with Gasteiger partial charge in [-0.05, 0) is 61.4 Å². The summed E-state index contributed by atoms with van der Waals surface area (Å²) in [5.74, 6) is 1.67. The fourth-order valence-electron chi connectivity index (χ4n) is 4.36. The highest BCUT2D eigenvalue weighted by Gasteiger charge is 2.24. The van der Waals surface area contributed by atoms with Crippen LogP contribution in [0.4, 0.5) is 5.82 Å². The highest BCUT2D eigenvalue weighted by atomic mass is 16.5. The molecule has 2 aromatic carbocycles. The Labute approximate surface area is 199 Å². The first kappa shape index (κ1) is 23.4. The number of ketones is 1. The summed E-state index contributed by atoms with van der Waals surface area (Å²) in [6.45, 7) is 2.89. The molecule has 0 radical (unpaired) electrons. The van der Waals surface area contributed by atoms with Gasteiger partial charge in [0.1, 0.15) is 11.6 Å². The van der Waals surface area contributed by atoms with Crippen molar-refractivity contribution in [3.63, 3.8) is 0 Å². The number of aryl methyl sites for hydroxylation is 1. The molecule has 4 rings (SSSR count). The van der Waals surface area contributed by atoms with E-state index in [1.165, 1.54) is 5.56 Å². The standard InChI is InChI=1S/C27H29N3O4/c1-18(31)19-4-6-20(7-5-19)27-28-13-12-25(29-27)30(2)14-3-15-34-23-10-11-24-21(16-23)8-9-22(24)17-26(32)33/h4-7,10-13,16,22H,3,8-9,14-15,17H2,1-2H3,(H,32,33)/t22-/m0/s1. The monoisotopic (exact) mass is 459 g/mol. The van der Waals surface area contributed by atoms with Crippen molar-refractivity contribution in [1.82, 2.24) is 9.97 Å². The van der Waals surface area contributed by atoms with E-state index in [9.17, 15) is 9.59 Å². The number of hydrogen-bond donors (Lipinski definition) is 1. The largest absolute Gasteiger partial charge is 0.494 e. The van der Waals surface area contributed by atoms with Crippen molar-refractivity contribution >= 4 is 17.6 Å². The molecule has 0 unspecified atom stereocenters. The molecule has 1 atom stereocenters. The number of anilines is 1. The number of hydrogen-bond acceptors (Lipinski definition) is 6. The lowest BCUT2D eigenvalue weighted by Crippen LogP contribution is -2.21. The zero-order chi connectivity index (χ0) is 24.1. The molecule has 1 aromatic heterocycles. The van der Waals surface area contributed by atoms with Gasteiger partial charge in [-0.25, -0.2) is 9.97 Å². The Kier molecular flexibility index (Phi) is 7.21. The summed E-state index contributed by atoms with van der Waals surface area (Å²) in [5, 5.41) is 9.08. The zero-order valence-corrected chi connectivity index (χ0v) is 19.5. The van der Waals surface area contributed by atoms with Crippen molar-refractivity contribution in [2.75, 3.05) is 25.1 Å². The Morgan fingerprint density at radius 3 is 2.68 bits per heavy atom. The minimum Gasteiger partial charge on any atom is -0.494 e. The van der Waals surface area contributed by atoms with Crippen molar-refractivity contribution < 1.29 is 19.4 Å². The van der Waals surface area contributed by atoms with Crippen LogP contribution in [-0.4, -0.2) is 47.0 Å². The van der Waals surface area contributed by atoms with E-state index in [1.54, 1.807) is 25.3 Å². The van der Waals surface area contributed by atoms with Gasteiger partial charge in [0.2, 0.25) is 0 Å². The van der Waals surface area contributed by atoms with Crippen LogP contribution in [0.3, 0.4) is 0 Å². The second kappa shape index (κ2) is 10.5. The second-order valence-electron chi connectivity index (χ2n) is 8.69. The molecular formula is C27H29N3O4. The van der Waals surface area contributed by atoms with Crippen LogP contribution in [0.15, 0.2) is 54.7 Å². The van der Waals surface area contributed by atoms with E-state index in [0.717, 1.165) is 48.5 Å². The van der Waals surface area contributed by atoms with Gasteiger partial charge >= 0.3 is 5.97 Å². The third-order valence-corrected chi connectivity index (χ3v) is 6.23. The SMILES string of the molecule is CC(=O)c1ccc(-c2nccc(N(C)CCCOc3ccc4c(c3)CC[C@H]4CC(=O)O)n2)cc1. The third kappa shape index (κ3) is 5.60. The molecular weight excluding hydrogens is 430 g/mol. The molecule has 7 nitrogen and oxygen atoms in total. The van der Waals surface area contributed by atoms with Crippen LogP contribution in [0.25, 0.3) is 11.4 Å². The number of aliphatic carboxylic acids is 1. The van der Waals surface area contributed by atoms with Gasteiger partial charge < -0.3 is 14.7 Å². The van der Waals surface area contributed by atoms with Gasteiger partial charge in [0.15, 0.2) is 11.6 Å². The predicted molar refractivity (Wildman–Crippen MR) is 131 cm³/mol. The van der Waals surface area contributed by atoms with Crippen molar-refractivity contribution in [3.8, 4) is 17.1 Å². The lowest BCUT2D eigenvalue weighted by molar-refractivity contribution is -0.137. The van der Waals surface area contributed by atoms with Crippen LogP contribution in [-0.2, 0) is 11.2 Å². The molecule has 0 bridgehead atoms. The van der Waals surface area contributed by atoms with Crippen molar-refractivity contribution in [2.24, 2.45) is 0 Å². The summed E-state index contributed by atoms with van der Waals surface area (Å²) in [6, 6.07) is 15.2. The van der Waals surface area contributed by atoms with Gasteiger partial charge in [-0.1, -0.05) is 30.3 Å². The van der Waals surface area contributed by atoms with Crippen LogP contribution in [0, 0.1) is 0 Å². The van der Waals surface area contributed by atoms with Gasteiger partial charge in [-0.3, -0.25) is 9.59 Å². The van der Waals surface area contributed by atoms with Crippen LogP contribution in [0.1, 0.15) is 53.6 Å². The van der Waals surface area contributed by atoms with Crippen LogP contribution in [0.2, 0.25) is 0 Å². The molecule has 0 saturated carbocycles. The second-order valence-corrected chi connectivity index (χ2v) is 8.69. The molecule has 0 amide bonds. The van der Waals surface area contributed by atoms with Gasteiger partial charge in [-0.15, -0.1) is 0 Å². The lowest BCUT2D eigenvalue weighted by atomic mass is 9.98. The maximum Gasteiger partial charge on any atom is 0.303 e. The molecule has 34 heavy (non-hydrogen) atoms. The van der Waals surface area contributed by atoms with Crippen molar-refractivity contribution in [3.05, 3.63) is 71.4 Å². The van der Waals surface area contributed by atoms with Crippen LogP contribution in [0.5, 0.6) is 5.75 Å². The number of nitrogens with zero attached hydrogens (tertiary/aromatic N) is 3. The minimum atomic E-state index is -0.746. The van der Waals surface area contributed by atoms with Gasteiger partial charge in [-0.2, -0.15) is 0 Å². The van der Waals surface area contributed by atoms with E-state index in [1.807, 2.05) is 37.4 Å². The molecule has 176 valence electrons. The lowest BCUT2D eigenvalue weighted by Gasteiger charge is -2.19. The zero-order valence-electron chi connectivity index (χ0n) is 19.5. The summed E-state index contributed by atoms with van der Waals surface area (Å²) >= 11 is 0. The van der Waals surface area contributed by atoms with E-state index in [0.29, 0.717) is 18.0 Å². The summed E-state index contributed by atoms with van der Waals surface area (Å²) in [4.78, 5) is 33.6. The molecule has 1 aliphatic carbocycles. The molecule has 3 aromatic rings. The minimum absolute atomic E-state index is 0.0328. The van der Waals surface area contributed by atoms with Gasteiger partial charge in [0, 0.05) is 30.9 Å². The van der Waals surface area contributed by atoms with Gasteiger partial charge in [0.05, 0.1) is 13.0 Å². The summed E-state index contributed by atoms with van der Waals surface area (Å²) in [6.07, 6.45) is 4.54. The normalized spacial score (nSPS) is 14.5. The first-order valence-corrected chi connectivity index (χ1v) is 11.5. The molecule has 0 fully saturated rings. The number of Topliss-reactive ketones (excluding diaryl/α,β-unsaturated/α-hetero) is 1. The van der Waals surface area contributed by atoms with E-state index in [2.05, 4.69) is 20.9 Å². The Hall–Kier alpha value is -3.74. The van der Waals surface area contributed by atoms with Crippen molar-refractivity contribution in [1.29, 1.82) is 0 Å². The number of aromatic nitrogens is 2. The van der Waals surface area contributed by atoms with Crippen LogP contribution >= 0.6 is 0 Å². The highest BCUT2D eigenvalue weighted by Crippen LogP contribution is 2.37. The number of carboxylic acid groups (broad SMARTS) is 1. The molecule has 7 heteroatoms. The quantitative estimate of drug-likeness (QED) is 0.345. The number of carbonyl (C=O) groups is 2. The fourth-order valence-corrected chi connectivity index (χ4v) is 4.36. The predicted octanol–water partition coefficient (Wildman–Crippen LogP) is 4.76. The number of carboxylic acids is 1. The number of rotatable bonds is 10. The fraction of sp³-hybridized carbons (Fsp3) is 0.333. The molecule has 1 heterocycles. The number of ether oxygens (including phenoxy) is 1. The number of fused-ring (bicyclic) bond motifs is 1. The summed E-state index contributed by atoms with van der Waals surface area (Å²) in [5.41, 5.74) is 3.88. The van der Waals surface area contributed by atoms with Gasteiger partial charge in [0.25, 0.3) is 0 Å². The van der Waals surface area contributed by atoms with E-state index in [4.69, 9.17) is 9.84 Å². The molecule has 1 N–H and O–H groups in total.